The van der Waals surface area contributed by atoms with Crippen molar-refractivity contribution < 1.29 is 19.1 Å². The molecule has 0 saturated carbocycles. The second-order valence-electron chi connectivity index (χ2n) is 5.69. The van der Waals surface area contributed by atoms with Crippen LogP contribution >= 0.6 is 0 Å². The number of nitrogens with zero attached hydrogens (tertiary/aromatic N) is 3. The van der Waals surface area contributed by atoms with E-state index in [2.05, 4.69) is 0 Å². The summed E-state index contributed by atoms with van der Waals surface area (Å²) in [5.41, 5.74) is 1.06. The molecule has 0 aromatic heterocycles. The molecule has 0 aliphatic carbocycles. The van der Waals surface area contributed by atoms with Crippen LogP contribution in [0, 0.1) is 0 Å². The van der Waals surface area contributed by atoms with Crippen LogP contribution in [0.15, 0.2) is 18.2 Å². The Bertz CT molecular complexity index is 665. The summed E-state index contributed by atoms with van der Waals surface area (Å²) in [7, 11) is 1.67. The van der Waals surface area contributed by atoms with Crippen molar-refractivity contribution in [2.45, 2.75) is 6.92 Å². The molecule has 0 unspecified atom stereocenters. The molecule has 0 N–H and O–H groups in total. The van der Waals surface area contributed by atoms with Crippen molar-refractivity contribution in [3.63, 3.8) is 0 Å². The molecule has 0 radical (unpaired) electrons. The second kappa shape index (κ2) is 5.91. The summed E-state index contributed by atoms with van der Waals surface area (Å²) in [4.78, 5) is 40.8. The van der Waals surface area contributed by atoms with Crippen LogP contribution in [-0.4, -0.2) is 67.4 Å². The minimum absolute atomic E-state index is 0.0256. The Hall–Kier alpha value is -2.57. The summed E-state index contributed by atoms with van der Waals surface area (Å²) < 4.78 is 5.51. The molecule has 0 bridgehead atoms. The molecule has 122 valence electrons. The Morgan fingerprint density at radius 2 is 1.74 bits per heavy atom. The molecule has 1 aromatic carbocycles. The average molecular weight is 317 g/mol. The van der Waals surface area contributed by atoms with E-state index < -0.39 is 0 Å². The normalized spacial score (nSPS) is 17.7. The van der Waals surface area contributed by atoms with E-state index in [-0.39, 0.29) is 24.3 Å². The van der Waals surface area contributed by atoms with Crippen LogP contribution in [0.2, 0.25) is 0 Å². The maximum absolute atomic E-state index is 12.8. The monoisotopic (exact) mass is 317 g/mol. The van der Waals surface area contributed by atoms with Gasteiger partial charge in [-0.15, -0.1) is 0 Å². The highest BCUT2D eigenvalue weighted by atomic mass is 16.5. The largest absolute Gasteiger partial charge is 0.481 e. The van der Waals surface area contributed by atoms with E-state index in [9.17, 15) is 14.4 Å². The van der Waals surface area contributed by atoms with Crippen LogP contribution in [0.3, 0.4) is 0 Å². The molecule has 7 nitrogen and oxygen atoms in total. The Kier molecular flexibility index (Phi) is 3.94. The van der Waals surface area contributed by atoms with Crippen molar-refractivity contribution >= 4 is 23.4 Å². The number of hydrogen-bond acceptors (Lipinski definition) is 4. The van der Waals surface area contributed by atoms with Crippen molar-refractivity contribution in [2.75, 3.05) is 44.7 Å². The number of carbonyl (C=O) groups excluding carboxylic acids is 3. The van der Waals surface area contributed by atoms with Gasteiger partial charge < -0.3 is 19.4 Å². The van der Waals surface area contributed by atoms with Crippen LogP contribution in [0.25, 0.3) is 0 Å². The van der Waals surface area contributed by atoms with Gasteiger partial charge in [0.1, 0.15) is 0 Å². The van der Waals surface area contributed by atoms with Gasteiger partial charge in [0.15, 0.2) is 12.4 Å². The molecule has 2 aliphatic heterocycles. The van der Waals surface area contributed by atoms with Crippen LogP contribution in [0.5, 0.6) is 5.75 Å². The predicted molar refractivity (Wildman–Crippen MR) is 83.5 cm³/mol. The number of amides is 3. The molecular formula is C16H19N3O4. The van der Waals surface area contributed by atoms with Crippen molar-refractivity contribution in [1.29, 1.82) is 0 Å². The molecule has 7 heteroatoms. The summed E-state index contributed by atoms with van der Waals surface area (Å²) in [6, 6.07) is 5.22. The van der Waals surface area contributed by atoms with E-state index >= 15 is 0 Å². The molecule has 2 heterocycles. The number of anilines is 1. The van der Waals surface area contributed by atoms with Gasteiger partial charge in [0.2, 0.25) is 5.91 Å². The Morgan fingerprint density at radius 3 is 2.39 bits per heavy atom. The molecule has 3 amide bonds. The van der Waals surface area contributed by atoms with Crippen LogP contribution in [0.4, 0.5) is 5.69 Å². The molecule has 23 heavy (non-hydrogen) atoms. The smallest absolute Gasteiger partial charge is 0.264 e. The fourth-order valence-electron chi connectivity index (χ4n) is 2.87. The molecule has 1 aromatic rings. The van der Waals surface area contributed by atoms with Crippen LogP contribution in [0.1, 0.15) is 17.3 Å². The number of carbonyl (C=O) groups is 3. The fraction of sp³-hybridized carbons (Fsp3) is 0.438. The first kappa shape index (κ1) is 15.3. The van der Waals surface area contributed by atoms with Gasteiger partial charge in [-0.25, -0.2) is 0 Å². The van der Waals surface area contributed by atoms with E-state index in [1.165, 1.54) is 11.8 Å². The lowest BCUT2D eigenvalue weighted by atomic mass is 10.1. The first-order chi connectivity index (χ1) is 11.0. The SMILES string of the molecule is CC(=O)N1CCN(C(=O)c2cccc3c2OCC(=O)N3C)CC1. The fourth-order valence-corrected chi connectivity index (χ4v) is 2.87. The molecule has 2 aliphatic rings. The van der Waals surface area contributed by atoms with Gasteiger partial charge in [-0.2, -0.15) is 0 Å². The molecule has 0 atom stereocenters. The number of para-hydroxylation sites is 1. The third-order valence-electron chi connectivity index (χ3n) is 4.31. The first-order valence-corrected chi connectivity index (χ1v) is 7.56. The van der Waals surface area contributed by atoms with Gasteiger partial charge in [-0.3, -0.25) is 14.4 Å². The van der Waals surface area contributed by atoms with E-state index in [4.69, 9.17) is 4.74 Å². The van der Waals surface area contributed by atoms with Gasteiger partial charge in [0.05, 0.1) is 11.3 Å². The van der Waals surface area contributed by atoms with Gasteiger partial charge in [-0.1, -0.05) is 6.07 Å². The zero-order valence-electron chi connectivity index (χ0n) is 13.2. The number of likely N-dealkylation sites (N-methyl/N-ethyl adjacent to an activating group) is 1. The van der Waals surface area contributed by atoms with E-state index in [0.717, 1.165) is 0 Å². The Balaban J connectivity index is 1.82. The highest BCUT2D eigenvalue weighted by Gasteiger charge is 2.30. The standard InChI is InChI=1S/C16H19N3O4/c1-11(20)18-6-8-19(9-7-18)16(22)12-4-3-5-13-15(12)23-10-14(21)17(13)2/h3-5H,6-10H2,1-2H3. The minimum atomic E-state index is -0.142. The number of rotatable bonds is 1. The van der Waals surface area contributed by atoms with Crippen molar-refractivity contribution in [1.82, 2.24) is 9.80 Å². The summed E-state index contributed by atoms with van der Waals surface area (Å²) in [6.07, 6.45) is 0. The van der Waals surface area contributed by atoms with Gasteiger partial charge in [-0.05, 0) is 12.1 Å². The van der Waals surface area contributed by atoms with Crippen molar-refractivity contribution in [2.24, 2.45) is 0 Å². The molecule has 3 rings (SSSR count). The zero-order valence-corrected chi connectivity index (χ0v) is 13.2. The quantitative estimate of drug-likeness (QED) is 0.749. The number of ether oxygens (including phenoxy) is 1. The molecule has 1 saturated heterocycles. The first-order valence-electron chi connectivity index (χ1n) is 7.56. The number of hydrogen-bond donors (Lipinski definition) is 0. The second-order valence-corrected chi connectivity index (χ2v) is 5.69. The lowest BCUT2D eigenvalue weighted by Gasteiger charge is -2.35. The van der Waals surface area contributed by atoms with Gasteiger partial charge >= 0.3 is 0 Å². The van der Waals surface area contributed by atoms with Gasteiger partial charge in [0, 0.05) is 40.2 Å². The highest BCUT2D eigenvalue weighted by Crippen LogP contribution is 2.35. The van der Waals surface area contributed by atoms with E-state index in [1.54, 1.807) is 35.0 Å². The maximum Gasteiger partial charge on any atom is 0.264 e. The van der Waals surface area contributed by atoms with Gasteiger partial charge in [0.25, 0.3) is 11.8 Å². The lowest BCUT2D eigenvalue weighted by molar-refractivity contribution is -0.130. The maximum atomic E-state index is 12.8. The number of piperazine rings is 1. The predicted octanol–water partition coefficient (Wildman–Crippen LogP) is 0.346. The van der Waals surface area contributed by atoms with Crippen LogP contribution in [-0.2, 0) is 9.59 Å². The third-order valence-corrected chi connectivity index (χ3v) is 4.31. The Morgan fingerprint density at radius 1 is 1.09 bits per heavy atom. The third kappa shape index (κ3) is 2.74. The van der Waals surface area contributed by atoms with Crippen LogP contribution < -0.4 is 9.64 Å². The number of benzene rings is 1. The summed E-state index contributed by atoms with van der Waals surface area (Å²) in [5, 5.41) is 0. The summed E-state index contributed by atoms with van der Waals surface area (Å²) in [6.45, 7) is 3.54. The van der Waals surface area contributed by atoms with E-state index in [0.29, 0.717) is 43.2 Å². The van der Waals surface area contributed by atoms with E-state index in [1.807, 2.05) is 0 Å². The summed E-state index contributed by atoms with van der Waals surface area (Å²) >= 11 is 0. The Labute approximate surface area is 134 Å². The van der Waals surface area contributed by atoms with Crippen molar-refractivity contribution in [3.05, 3.63) is 23.8 Å². The molecular weight excluding hydrogens is 298 g/mol. The summed E-state index contributed by atoms with van der Waals surface area (Å²) in [5.74, 6) is 0.205. The highest BCUT2D eigenvalue weighted by molar-refractivity contribution is 6.04. The molecule has 1 fully saturated rings. The average Bonchev–Trinajstić information content (AvgIpc) is 2.57. The zero-order chi connectivity index (χ0) is 16.6. The van der Waals surface area contributed by atoms with Crippen molar-refractivity contribution in [3.8, 4) is 5.75 Å². The minimum Gasteiger partial charge on any atom is -0.481 e. The lowest BCUT2D eigenvalue weighted by Crippen LogP contribution is -2.50. The molecule has 0 spiro atoms. The number of fused-ring (bicyclic) bond motifs is 1. The topological polar surface area (TPSA) is 70.2 Å².